The van der Waals surface area contributed by atoms with Crippen molar-refractivity contribution in [2.75, 3.05) is 7.05 Å². The number of rotatable bonds is 3. The number of likely N-dealkylation sites (N-methyl/N-ethyl adjacent to an activating group) is 1. The third kappa shape index (κ3) is 4.13. The van der Waals surface area contributed by atoms with Crippen LogP contribution in [0.1, 0.15) is 26.0 Å². The van der Waals surface area contributed by atoms with Gasteiger partial charge < -0.3 is 10.4 Å². The van der Waals surface area contributed by atoms with Gasteiger partial charge in [-0.3, -0.25) is 0 Å². The standard InChI is InChI=1S/C10H15NO.CH4.H2S/c1-8(11-2)10(12)9-6-4-3-5-7-9;;/h3-8,10-12H,1-2H3;1H4;1H2/t8-,10-;;/m1../s1. The second kappa shape index (κ2) is 7.85. The Morgan fingerprint density at radius 3 is 2.14 bits per heavy atom. The molecule has 0 heterocycles. The zero-order chi connectivity index (χ0) is 8.97. The maximum Gasteiger partial charge on any atom is 0.0940 e. The van der Waals surface area contributed by atoms with Crippen LogP contribution in [0.5, 0.6) is 0 Å². The van der Waals surface area contributed by atoms with Crippen molar-refractivity contribution >= 4 is 13.5 Å². The molecule has 0 radical (unpaired) electrons. The summed E-state index contributed by atoms with van der Waals surface area (Å²) in [5, 5.41) is 12.7. The molecule has 0 bridgehead atoms. The van der Waals surface area contributed by atoms with Crippen molar-refractivity contribution in [3.05, 3.63) is 35.9 Å². The van der Waals surface area contributed by atoms with E-state index >= 15 is 0 Å². The van der Waals surface area contributed by atoms with Crippen molar-refractivity contribution in [2.24, 2.45) is 0 Å². The van der Waals surface area contributed by atoms with Crippen LogP contribution in [0.25, 0.3) is 0 Å². The van der Waals surface area contributed by atoms with Gasteiger partial charge in [0.15, 0.2) is 0 Å². The lowest BCUT2D eigenvalue weighted by atomic mass is 10.0. The van der Waals surface area contributed by atoms with E-state index in [-0.39, 0.29) is 27.0 Å². The molecule has 0 fully saturated rings. The first-order valence-electron chi connectivity index (χ1n) is 4.16. The molecule has 1 rings (SSSR count). The second-order valence-electron chi connectivity index (χ2n) is 2.93. The number of hydrogen-bond acceptors (Lipinski definition) is 2. The van der Waals surface area contributed by atoms with E-state index in [0.717, 1.165) is 5.56 Å². The van der Waals surface area contributed by atoms with E-state index in [9.17, 15) is 5.11 Å². The fraction of sp³-hybridized carbons (Fsp3) is 0.455. The zero-order valence-electron chi connectivity index (χ0n) is 7.99. The summed E-state index contributed by atoms with van der Waals surface area (Å²) in [6, 6.07) is 9.76. The fourth-order valence-corrected chi connectivity index (χ4v) is 1.10. The van der Waals surface area contributed by atoms with Gasteiger partial charge in [0.25, 0.3) is 0 Å². The monoisotopic (exact) mass is 215 g/mol. The SMILES string of the molecule is C.CN[C@H](C)[C@@H](O)c1ccccc1.S. The molecule has 0 aliphatic rings. The normalized spacial score (nSPS) is 13.4. The molecule has 0 aliphatic carbocycles. The highest BCUT2D eigenvalue weighted by atomic mass is 32.1. The zero-order valence-corrected chi connectivity index (χ0v) is 8.99. The summed E-state index contributed by atoms with van der Waals surface area (Å²) in [5.41, 5.74) is 0.958. The minimum absolute atomic E-state index is 0. The topological polar surface area (TPSA) is 32.3 Å². The van der Waals surface area contributed by atoms with Gasteiger partial charge in [0.05, 0.1) is 6.10 Å². The van der Waals surface area contributed by atoms with Gasteiger partial charge in [-0.2, -0.15) is 13.5 Å². The fourth-order valence-electron chi connectivity index (χ4n) is 1.10. The first-order chi connectivity index (χ1) is 5.75. The second-order valence-corrected chi connectivity index (χ2v) is 2.93. The van der Waals surface area contributed by atoms with Crippen molar-refractivity contribution in [2.45, 2.75) is 26.5 Å². The Bertz CT molecular complexity index is 228. The quantitative estimate of drug-likeness (QED) is 0.809. The summed E-state index contributed by atoms with van der Waals surface area (Å²) in [5.74, 6) is 0. The molecule has 2 N–H and O–H groups in total. The highest BCUT2D eigenvalue weighted by Gasteiger charge is 2.12. The van der Waals surface area contributed by atoms with E-state index in [2.05, 4.69) is 5.32 Å². The van der Waals surface area contributed by atoms with E-state index < -0.39 is 6.10 Å². The first kappa shape index (κ1) is 15.9. The molecule has 0 saturated heterocycles. The Hall–Kier alpha value is -0.510. The van der Waals surface area contributed by atoms with Crippen LogP contribution in [0.3, 0.4) is 0 Å². The third-order valence-corrected chi connectivity index (χ3v) is 2.07. The van der Waals surface area contributed by atoms with Gasteiger partial charge in [-0.05, 0) is 19.5 Å². The van der Waals surface area contributed by atoms with Crippen molar-refractivity contribution < 1.29 is 5.11 Å². The molecule has 0 unspecified atom stereocenters. The molecule has 1 aromatic carbocycles. The highest BCUT2D eigenvalue weighted by Crippen LogP contribution is 2.15. The van der Waals surface area contributed by atoms with Crippen LogP contribution in [-0.4, -0.2) is 18.2 Å². The van der Waals surface area contributed by atoms with Crippen molar-refractivity contribution in [1.29, 1.82) is 0 Å². The largest absolute Gasteiger partial charge is 0.387 e. The minimum Gasteiger partial charge on any atom is -0.387 e. The van der Waals surface area contributed by atoms with E-state index in [4.69, 9.17) is 0 Å². The molecule has 0 saturated carbocycles. The van der Waals surface area contributed by atoms with Gasteiger partial charge >= 0.3 is 0 Å². The summed E-state index contributed by atoms with van der Waals surface area (Å²) in [6.07, 6.45) is -0.420. The number of nitrogens with one attached hydrogen (secondary N) is 1. The maximum atomic E-state index is 9.73. The van der Waals surface area contributed by atoms with E-state index in [0.29, 0.717) is 0 Å². The lowest BCUT2D eigenvalue weighted by Crippen LogP contribution is -2.28. The van der Waals surface area contributed by atoms with Gasteiger partial charge in [-0.1, -0.05) is 37.8 Å². The van der Waals surface area contributed by atoms with Gasteiger partial charge in [-0.25, -0.2) is 0 Å². The van der Waals surface area contributed by atoms with Gasteiger partial charge in [0.1, 0.15) is 0 Å². The van der Waals surface area contributed by atoms with Crippen molar-refractivity contribution in [3.8, 4) is 0 Å². The Labute approximate surface area is 93.8 Å². The lowest BCUT2D eigenvalue weighted by molar-refractivity contribution is 0.140. The van der Waals surface area contributed by atoms with Gasteiger partial charge in [-0.15, -0.1) is 0 Å². The Kier molecular flexibility index (Phi) is 8.94. The molecule has 0 aromatic heterocycles. The number of hydrogen-bond donors (Lipinski definition) is 2. The number of aliphatic hydroxyl groups is 1. The highest BCUT2D eigenvalue weighted by molar-refractivity contribution is 7.59. The Morgan fingerprint density at radius 2 is 1.71 bits per heavy atom. The molecule has 1 aromatic rings. The Morgan fingerprint density at radius 1 is 1.21 bits per heavy atom. The third-order valence-electron chi connectivity index (χ3n) is 2.07. The minimum atomic E-state index is -0.420. The van der Waals surface area contributed by atoms with Crippen LogP contribution in [0.15, 0.2) is 30.3 Å². The average Bonchev–Trinajstić information content (AvgIpc) is 2.17. The molecule has 2 atom stereocenters. The molecule has 0 amide bonds. The summed E-state index contributed by atoms with van der Waals surface area (Å²) < 4.78 is 0. The summed E-state index contributed by atoms with van der Waals surface area (Å²) in [6.45, 7) is 1.96. The molecule has 14 heavy (non-hydrogen) atoms. The number of benzene rings is 1. The van der Waals surface area contributed by atoms with Crippen molar-refractivity contribution in [1.82, 2.24) is 5.32 Å². The average molecular weight is 215 g/mol. The van der Waals surface area contributed by atoms with E-state index in [1.807, 2.05) is 44.3 Å². The van der Waals surface area contributed by atoms with Crippen LogP contribution < -0.4 is 5.32 Å². The maximum absolute atomic E-state index is 9.73. The lowest BCUT2D eigenvalue weighted by Gasteiger charge is -2.17. The van der Waals surface area contributed by atoms with Crippen LogP contribution in [0.4, 0.5) is 0 Å². The summed E-state index contributed by atoms with van der Waals surface area (Å²) >= 11 is 0. The van der Waals surface area contributed by atoms with Crippen LogP contribution in [0.2, 0.25) is 0 Å². The van der Waals surface area contributed by atoms with Crippen molar-refractivity contribution in [3.63, 3.8) is 0 Å². The van der Waals surface area contributed by atoms with Crippen LogP contribution >= 0.6 is 13.5 Å². The number of aliphatic hydroxyl groups excluding tert-OH is 1. The van der Waals surface area contributed by atoms with Crippen LogP contribution in [0, 0.1) is 0 Å². The molecule has 3 heteroatoms. The molecule has 0 aliphatic heterocycles. The van der Waals surface area contributed by atoms with E-state index in [1.165, 1.54) is 0 Å². The first-order valence-corrected chi connectivity index (χ1v) is 4.16. The smallest absolute Gasteiger partial charge is 0.0940 e. The molecular formula is C11H21NOS. The molecule has 82 valence electrons. The van der Waals surface area contributed by atoms with Crippen LogP contribution in [-0.2, 0) is 0 Å². The summed E-state index contributed by atoms with van der Waals surface area (Å²) in [4.78, 5) is 0. The predicted molar refractivity (Wildman–Crippen MR) is 67.0 cm³/mol. The predicted octanol–water partition coefficient (Wildman–Crippen LogP) is 2.08. The Balaban J connectivity index is 0. The molecule has 0 spiro atoms. The van der Waals surface area contributed by atoms with Gasteiger partial charge in [0.2, 0.25) is 0 Å². The van der Waals surface area contributed by atoms with E-state index in [1.54, 1.807) is 0 Å². The molecular weight excluding hydrogens is 194 g/mol. The van der Waals surface area contributed by atoms with Gasteiger partial charge in [0, 0.05) is 6.04 Å². The molecule has 2 nitrogen and oxygen atoms in total. The summed E-state index contributed by atoms with van der Waals surface area (Å²) in [7, 11) is 1.84.